The van der Waals surface area contributed by atoms with Crippen molar-refractivity contribution >= 4 is 12.0 Å². The zero-order chi connectivity index (χ0) is 12.1. The SMILES string of the molecule is C[NH+]1CCN(C(=O)C=Cc2ccccc2)CC1. The van der Waals surface area contributed by atoms with Crippen LogP contribution in [0.1, 0.15) is 5.56 Å². The molecule has 0 aliphatic carbocycles. The van der Waals surface area contributed by atoms with Crippen LogP contribution in [0.5, 0.6) is 0 Å². The molecule has 3 heteroatoms. The summed E-state index contributed by atoms with van der Waals surface area (Å²) in [5.41, 5.74) is 1.07. The molecule has 0 atom stereocenters. The van der Waals surface area contributed by atoms with Crippen LogP contribution in [0.15, 0.2) is 36.4 Å². The molecule has 0 bridgehead atoms. The summed E-state index contributed by atoms with van der Waals surface area (Å²) in [6.45, 7) is 3.82. The Morgan fingerprint density at radius 1 is 1.24 bits per heavy atom. The minimum Gasteiger partial charge on any atom is -0.334 e. The van der Waals surface area contributed by atoms with Crippen molar-refractivity contribution in [3.63, 3.8) is 0 Å². The second-order valence-electron chi connectivity index (χ2n) is 4.53. The summed E-state index contributed by atoms with van der Waals surface area (Å²) in [5.74, 6) is 0.126. The van der Waals surface area contributed by atoms with Crippen LogP contribution in [0.4, 0.5) is 0 Å². The van der Waals surface area contributed by atoms with Crippen molar-refractivity contribution in [2.45, 2.75) is 0 Å². The van der Waals surface area contributed by atoms with Crippen LogP contribution in [0.3, 0.4) is 0 Å². The minimum absolute atomic E-state index is 0.126. The Hall–Kier alpha value is -1.61. The molecule has 1 aromatic carbocycles. The van der Waals surface area contributed by atoms with Crippen molar-refractivity contribution in [2.75, 3.05) is 33.2 Å². The van der Waals surface area contributed by atoms with Crippen molar-refractivity contribution in [3.05, 3.63) is 42.0 Å². The molecule has 0 aromatic heterocycles. The van der Waals surface area contributed by atoms with Gasteiger partial charge in [-0.15, -0.1) is 0 Å². The van der Waals surface area contributed by atoms with Gasteiger partial charge >= 0.3 is 0 Å². The standard InChI is InChI=1S/C14H18N2O/c1-15-9-11-16(12-10-15)14(17)8-7-13-5-3-2-4-6-13/h2-8H,9-12H2,1H3/p+1. The van der Waals surface area contributed by atoms with Crippen molar-refractivity contribution < 1.29 is 9.69 Å². The van der Waals surface area contributed by atoms with Crippen molar-refractivity contribution in [1.29, 1.82) is 0 Å². The molecule has 1 aliphatic heterocycles. The van der Waals surface area contributed by atoms with Gasteiger partial charge in [0.15, 0.2) is 0 Å². The number of rotatable bonds is 2. The highest BCUT2D eigenvalue weighted by molar-refractivity contribution is 5.91. The Kier molecular flexibility index (Phi) is 3.94. The second-order valence-corrected chi connectivity index (χ2v) is 4.53. The van der Waals surface area contributed by atoms with Gasteiger partial charge in [-0.05, 0) is 11.6 Å². The van der Waals surface area contributed by atoms with E-state index in [9.17, 15) is 4.79 Å². The summed E-state index contributed by atoms with van der Waals surface area (Å²) in [7, 11) is 2.17. The summed E-state index contributed by atoms with van der Waals surface area (Å²) in [6, 6.07) is 9.92. The van der Waals surface area contributed by atoms with Gasteiger partial charge in [0.05, 0.1) is 33.2 Å². The first-order valence-electron chi connectivity index (χ1n) is 6.09. The van der Waals surface area contributed by atoms with Gasteiger partial charge in [-0.25, -0.2) is 0 Å². The van der Waals surface area contributed by atoms with Gasteiger partial charge in [-0.3, -0.25) is 4.79 Å². The van der Waals surface area contributed by atoms with E-state index in [0.717, 1.165) is 31.7 Å². The van der Waals surface area contributed by atoms with Crippen LogP contribution < -0.4 is 4.90 Å². The minimum atomic E-state index is 0.126. The molecule has 0 saturated carbocycles. The fourth-order valence-corrected chi connectivity index (χ4v) is 1.95. The van der Waals surface area contributed by atoms with Crippen LogP contribution in [0.25, 0.3) is 6.08 Å². The van der Waals surface area contributed by atoms with Gasteiger partial charge in [0, 0.05) is 6.08 Å². The highest BCUT2D eigenvalue weighted by Crippen LogP contribution is 2.02. The maximum atomic E-state index is 11.9. The maximum absolute atomic E-state index is 11.9. The molecule has 3 nitrogen and oxygen atoms in total. The normalized spacial score (nSPS) is 17.6. The monoisotopic (exact) mass is 231 g/mol. The van der Waals surface area contributed by atoms with E-state index < -0.39 is 0 Å². The van der Waals surface area contributed by atoms with Gasteiger partial charge < -0.3 is 9.80 Å². The Morgan fingerprint density at radius 2 is 1.88 bits per heavy atom. The lowest BCUT2D eigenvalue weighted by molar-refractivity contribution is -0.883. The third kappa shape index (κ3) is 3.43. The molecular weight excluding hydrogens is 212 g/mol. The van der Waals surface area contributed by atoms with E-state index in [2.05, 4.69) is 7.05 Å². The molecule has 1 fully saturated rings. The third-order valence-electron chi connectivity index (χ3n) is 3.15. The number of amides is 1. The molecule has 0 radical (unpaired) electrons. The summed E-state index contributed by atoms with van der Waals surface area (Å²) in [6.07, 6.45) is 3.56. The van der Waals surface area contributed by atoms with Crippen LogP contribution in [0.2, 0.25) is 0 Å². The number of hydrogen-bond donors (Lipinski definition) is 1. The van der Waals surface area contributed by atoms with Crippen molar-refractivity contribution in [2.24, 2.45) is 0 Å². The average molecular weight is 231 g/mol. The molecule has 0 spiro atoms. The number of benzene rings is 1. The molecule has 17 heavy (non-hydrogen) atoms. The summed E-state index contributed by atoms with van der Waals surface area (Å²) in [4.78, 5) is 15.3. The number of carbonyl (C=O) groups is 1. The van der Waals surface area contributed by atoms with E-state index in [1.165, 1.54) is 4.90 Å². The first-order chi connectivity index (χ1) is 8.25. The highest BCUT2D eigenvalue weighted by Gasteiger charge is 2.19. The zero-order valence-electron chi connectivity index (χ0n) is 10.2. The smallest absolute Gasteiger partial charge is 0.246 e. The first-order valence-corrected chi connectivity index (χ1v) is 6.09. The van der Waals surface area contributed by atoms with Gasteiger partial charge in [0.2, 0.25) is 5.91 Å². The molecule has 2 rings (SSSR count). The van der Waals surface area contributed by atoms with Crippen molar-refractivity contribution in [3.8, 4) is 0 Å². The first kappa shape index (κ1) is 11.9. The Labute approximate surface area is 102 Å². The molecule has 1 amide bonds. The van der Waals surface area contributed by atoms with Crippen LogP contribution in [0, 0.1) is 0 Å². The maximum Gasteiger partial charge on any atom is 0.246 e. The number of carbonyl (C=O) groups excluding carboxylic acids is 1. The van der Waals surface area contributed by atoms with Gasteiger partial charge in [0.25, 0.3) is 0 Å². The predicted octanol–water partition coefficient (Wildman–Crippen LogP) is 0.0567. The number of likely N-dealkylation sites (N-methyl/N-ethyl adjacent to an activating group) is 1. The van der Waals surface area contributed by atoms with E-state index in [1.54, 1.807) is 6.08 Å². The van der Waals surface area contributed by atoms with E-state index in [4.69, 9.17) is 0 Å². The molecule has 0 unspecified atom stereocenters. The predicted molar refractivity (Wildman–Crippen MR) is 68.7 cm³/mol. The quantitative estimate of drug-likeness (QED) is 0.715. The molecule has 1 aromatic rings. The summed E-state index contributed by atoms with van der Waals surface area (Å²) in [5, 5.41) is 0. The van der Waals surface area contributed by atoms with E-state index in [1.807, 2.05) is 41.3 Å². The van der Waals surface area contributed by atoms with Crippen molar-refractivity contribution in [1.82, 2.24) is 4.90 Å². The Morgan fingerprint density at radius 3 is 2.53 bits per heavy atom. The Bertz CT molecular complexity index is 392. The fourth-order valence-electron chi connectivity index (χ4n) is 1.95. The average Bonchev–Trinajstić information content (AvgIpc) is 2.38. The lowest BCUT2D eigenvalue weighted by Crippen LogP contribution is -3.12. The number of hydrogen-bond acceptors (Lipinski definition) is 1. The number of nitrogens with zero attached hydrogens (tertiary/aromatic N) is 1. The Balaban J connectivity index is 1.91. The van der Waals surface area contributed by atoms with Crippen LogP contribution in [-0.2, 0) is 4.79 Å². The molecule has 1 heterocycles. The lowest BCUT2D eigenvalue weighted by Gasteiger charge is -2.29. The fraction of sp³-hybridized carbons (Fsp3) is 0.357. The number of quaternary nitrogens is 1. The molecule has 1 N–H and O–H groups in total. The highest BCUT2D eigenvalue weighted by atomic mass is 16.2. The van der Waals surface area contributed by atoms with Crippen LogP contribution >= 0.6 is 0 Å². The van der Waals surface area contributed by atoms with Gasteiger partial charge in [-0.2, -0.15) is 0 Å². The molecule has 90 valence electrons. The molecule has 1 saturated heterocycles. The summed E-state index contributed by atoms with van der Waals surface area (Å²) >= 11 is 0. The number of nitrogens with one attached hydrogen (secondary N) is 1. The van der Waals surface area contributed by atoms with Gasteiger partial charge in [-0.1, -0.05) is 30.3 Å². The largest absolute Gasteiger partial charge is 0.334 e. The zero-order valence-corrected chi connectivity index (χ0v) is 10.2. The topological polar surface area (TPSA) is 24.8 Å². The van der Waals surface area contributed by atoms with E-state index >= 15 is 0 Å². The van der Waals surface area contributed by atoms with Crippen LogP contribution in [-0.4, -0.2) is 44.0 Å². The third-order valence-corrected chi connectivity index (χ3v) is 3.15. The molecular formula is C14H19N2O+. The van der Waals surface area contributed by atoms with Gasteiger partial charge in [0.1, 0.15) is 0 Å². The lowest BCUT2D eigenvalue weighted by atomic mass is 10.2. The summed E-state index contributed by atoms with van der Waals surface area (Å²) < 4.78 is 0. The van der Waals surface area contributed by atoms with E-state index in [-0.39, 0.29) is 5.91 Å². The second kappa shape index (κ2) is 5.64. The number of piperazine rings is 1. The molecule has 1 aliphatic rings. The van der Waals surface area contributed by atoms with E-state index in [0.29, 0.717) is 0 Å².